The van der Waals surface area contributed by atoms with Crippen LogP contribution < -0.4 is 10.6 Å². The van der Waals surface area contributed by atoms with Crippen molar-refractivity contribution in [1.29, 1.82) is 0 Å². The van der Waals surface area contributed by atoms with Gasteiger partial charge in [0.05, 0.1) is 24.8 Å². The van der Waals surface area contributed by atoms with Gasteiger partial charge in [0.2, 0.25) is 0 Å². The summed E-state index contributed by atoms with van der Waals surface area (Å²) < 4.78 is 19.7. The van der Waals surface area contributed by atoms with Crippen LogP contribution >= 0.6 is 0 Å². The van der Waals surface area contributed by atoms with Crippen molar-refractivity contribution in [3.05, 3.63) is 24.1 Å². The minimum absolute atomic E-state index is 0.00695. The van der Waals surface area contributed by atoms with E-state index in [-0.39, 0.29) is 35.4 Å². The zero-order chi connectivity index (χ0) is 16.4. The van der Waals surface area contributed by atoms with E-state index in [1.807, 2.05) is 13.8 Å². The van der Waals surface area contributed by atoms with Crippen molar-refractivity contribution >= 4 is 11.8 Å². The van der Waals surface area contributed by atoms with Gasteiger partial charge in [0, 0.05) is 25.2 Å². The van der Waals surface area contributed by atoms with Crippen LogP contribution in [0.25, 0.3) is 0 Å². The molecule has 3 heterocycles. The number of carbonyl (C=O) groups excluding carboxylic acids is 1. The summed E-state index contributed by atoms with van der Waals surface area (Å²) in [6.45, 7) is 5.64. The molecule has 2 aliphatic rings. The third-order valence-electron chi connectivity index (χ3n) is 4.32. The molecule has 0 aromatic carbocycles. The van der Waals surface area contributed by atoms with Gasteiger partial charge in [-0.3, -0.25) is 0 Å². The quantitative estimate of drug-likeness (QED) is 0.893. The Morgan fingerprint density at radius 1 is 1.57 bits per heavy atom. The molecule has 23 heavy (non-hydrogen) atoms. The van der Waals surface area contributed by atoms with E-state index in [1.54, 1.807) is 17.2 Å². The molecule has 0 unspecified atom stereocenters. The predicted molar refractivity (Wildman–Crippen MR) is 84.8 cm³/mol. The fourth-order valence-electron chi connectivity index (χ4n) is 3.26. The van der Waals surface area contributed by atoms with E-state index < -0.39 is 0 Å². The summed E-state index contributed by atoms with van der Waals surface area (Å²) in [6, 6.07) is 3.02. The predicted octanol–water partition coefficient (Wildman–Crippen LogP) is 1.98. The summed E-state index contributed by atoms with van der Waals surface area (Å²) in [4.78, 5) is 17.9. The van der Waals surface area contributed by atoms with Crippen molar-refractivity contribution in [2.24, 2.45) is 0 Å². The van der Waals surface area contributed by atoms with Crippen molar-refractivity contribution in [3.8, 4) is 0 Å². The van der Waals surface area contributed by atoms with E-state index in [0.29, 0.717) is 19.7 Å². The number of rotatable bonds is 3. The van der Waals surface area contributed by atoms with Gasteiger partial charge in [-0.15, -0.1) is 0 Å². The van der Waals surface area contributed by atoms with Gasteiger partial charge in [0.25, 0.3) is 0 Å². The molecule has 2 atom stereocenters. The Labute approximate surface area is 135 Å². The number of aromatic nitrogens is 1. The van der Waals surface area contributed by atoms with Crippen molar-refractivity contribution in [1.82, 2.24) is 15.2 Å². The monoisotopic (exact) mass is 322 g/mol. The largest absolute Gasteiger partial charge is 0.371 e. The van der Waals surface area contributed by atoms with E-state index in [2.05, 4.69) is 15.6 Å². The molecule has 1 spiro atoms. The van der Waals surface area contributed by atoms with Crippen molar-refractivity contribution in [2.75, 3.05) is 25.0 Å². The summed E-state index contributed by atoms with van der Waals surface area (Å²) in [5, 5.41) is 6.01. The van der Waals surface area contributed by atoms with Crippen LogP contribution in [0.2, 0.25) is 0 Å². The Morgan fingerprint density at radius 2 is 2.39 bits per heavy atom. The number of pyridine rings is 1. The Hall–Kier alpha value is -1.89. The van der Waals surface area contributed by atoms with Crippen molar-refractivity contribution in [2.45, 2.75) is 44.4 Å². The lowest BCUT2D eigenvalue weighted by atomic mass is 9.97. The molecule has 126 valence electrons. The summed E-state index contributed by atoms with van der Waals surface area (Å²) in [5.41, 5.74) is -0.322. The number of hydrogen-bond acceptors (Lipinski definition) is 4. The van der Waals surface area contributed by atoms with E-state index in [4.69, 9.17) is 4.74 Å². The lowest BCUT2D eigenvalue weighted by Crippen LogP contribution is -2.44. The van der Waals surface area contributed by atoms with Crippen LogP contribution in [0.4, 0.5) is 15.0 Å². The summed E-state index contributed by atoms with van der Waals surface area (Å²) >= 11 is 0. The fraction of sp³-hybridized carbons (Fsp3) is 0.625. The third kappa shape index (κ3) is 3.55. The molecule has 6 nitrogen and oxygen atoms in total. The molecule has 2 fully saturated rings. The number of nitrogens with zero attached hydrogens (tertiary/aromatic N) is 2. The first-order valence-corrected chi connectivity index (χ1v) is 8.04. The number of halogens is 1. The molecule has 2 amide bonds. The number of ether oxygens (including phenoxy) is 1. The van der Waals surface area contributed by atoms with Crippen LogP contribution in [0.1, 0.15) is 26.7 Å². The molecular formula is C16H23FN4O2. The summed E-state index contributed by atoms with van der Waals surface area (Å²) in [7, 11) is 0. The molecule has 2 saturated heterocycles. The van der Waals surface area contributed by atoms with Crippen LogP contribution in [-0.2, 0) is 4.74 Å². The van der Waals surface area contributed by atoms with E-state index in [9.17, 15) is 9.18 Å². The second-order valence-electron chi connectivity index (χ2n) is 6.65. The van der Waals surface area contributed by atoms with Gasteiger partial charge in [-0.1, -0.05) is 0 Å². The molecule has 1 aromatic rings. The number of amides is 2. The van der Waals surface area contributed by atoms with Crippen LogP contribution in [0.3, 0.4) is 0 Å². The Morgan fingerprint density at radius 3 is 3.13 bits per heavy atom. The zero-order valence-electron chi connectivity index (χ0n) is 13.5. The highest BCUT2D eigenvalue weighted by molar-refractivity contribution is 5.75. The van der Waals surface area contributed by atoms with Gasteiger partial charge in [-0.2, -0.15) is 0 Å². The molecule has 0 aliphatic carbocycles. The molecule has 0 saturated carbocycles. The number of hydrogen-bond donors (Lipinski definition) is 2. The number of carbonyl (C=O) groups is 1. The SMILES string of the molecule is CC(C)NC(=O)N1CC[C@@]2(C[C@H](Nc3ncccc3F)CO2)C1. The molecule has 2 aliphatic heterocycles. The number of urea groups is 1. The van der Waals surface area contributed by atoms with Crippen LogP contribution in [0.15, 0.2) is 18.3 Å². The normalized spacial score (nSPS) is 27.0. The highest BCUT2D eigenvalue weighted by Gasteiger charge is 2.47. The lowest BCUT2D eigenvalue weighted by Gasteiger charge is -2.24. The maximum Gasteiger partial charge on any atom is 0.317 e. The first kappa shape index (κ1) is 16.0. The topological polar surface area (TPSA) is 66.5 Å². The van der Waals surface area contributed by atoms with Gasteiger partial charge >= 0.3 is 6.03 Å². The number of nitrogens with one attached hydrogen (secondary N) is 2. The first-order valence-electron chi connectivity index (χ1n) is 8.04. The van der Waals surface area contributed by atoms with Crippen LogP contribution in [0, 0.1) is 5.82 Å². The van der Waals surface area contributed by atoms with Gasteiger partial charge < -0.3 is 20.3 Å². The fourth-order valence-corrected chi connectivity index (χ4v) is 3.26. The molecule has 0 bridgehead atoms. The third-order valence-corrected chi connectivity index (χ3v) is 4.32. The van der Waals surface area contributed by atoms with E-state index in [1.165, 1.54) is 6.07 Å². The van der Waals surface area contributed by atoms with Gasteiger partial charge in [-0.05, 0) is 32.4 Å². The Kier molecular flexibility index (Phi) is 4.39. The summed E-state index contributed by atoms with van der Waals surface area (Å²) in [6.07, 6.45) is 3.11. The van der Waals surface area contributed by atoms with E-state index >= 15 is 0 Å². The zero-order valence-corrected chi connectivity index (χ0v) is 13.5. The van der Waals surface area contributed by atoms with E-state index in [0.717, 1.165) is 12.8 Å². The average molecular weight is 322 g/mol. The van der Waals surface area contributed by atoms with Gasteiger partial charge in [-0.25, -0.2) is 14.2 Å². The maximum atomic E-state index is 13.7. The molecule has 0 radical (unpaired) electrons. The van der Waals surface area contributed by atoms with Crippen molar-refractivity contribution < 1.29 is 13.9 Å². The Balaban J connectivity index is 1.57. The first-order chi connectivity index (χ1) is 11.0. The highest BCUT2D eigenvalue weighted by atomic mass is 19.1. The van der Waals surface area contributed by atoms with Crippen LogP contribution in [0.5, 0.6) is 0 Å². The number of anilines is 1. The van der Waals surface area contributed by atoms with Gasteiger partial charge in [0.1, 0.15) is 0 Å². The maximum absolute atomic E-state index is 13.7. The molecule has 7 heteroatoms. The summed E-state index contributed by atoms with van der Waals surface area (Å²) in [5.74, 6) is -0.108. The minimum Gasteiger partial charge on any atom is -0.371 e. The average Bonchev–Trinajstić information content (AvgIpc) is 3.09. The molecular weight excluding hydrogens is 299 g/mol. The second kappa shape index (κ2) is 6.31. The van der Waals surface area contributed by atoms with Crippen molar-refractivity contribution in [3.63, 3.8) is 0 Å². The number of likely N-dealkylation sites (tertiary alicyclic amines) is 1. The smallest absolute Gasteiger partial charge is 0.317 e. The Bertz CT molecular complexity index is 583. The molecule has 2 N–H and O–H groups in total. The van der Waals surface area contributed by atoms with Gasteiger partial charge in [0.15, 0.2) is 11.6 Å². The highest BCUT2D eigenvalue weighted by Crippen LogP contribution is 2.36. The standard InChI is InChI=1S/C16H23FN4O2/c1-11(2)19-15(22)21-7-5-16(10-21)8-12(9-23-16)20-14-13(17)4-3-6-18-14/h3-4,6,11-12H,5,7-10H2,1-2H3,(H,18,20)(H,19,22)/t12-,16+/m0/s1. The second-order valence-corrected chi connectivity index (χ2v) is 6.65. The molecule has 3 rings (SSSR count). The minimum atomic E-state index is -0.363. The lowest BCUT2D eigenvalue weighted by molar-refractivity contribution is 0.0150. The molecule has 1 aromatic heterocycles. The van der Waals surface area contributed by atoms with Crippen LogP contribution in [-0.4, -0.2) is 53.3 Å².